The van der Waals surface area contributed by atoms with Gasteiger partial charge in [-0.25, -0.2) is 4.98 Å². The lowest BCUT2D eigenvalue weighted by Crippen LogP contribution is -2.06. The number of rotatable bonds is 5. The van der Waals surface area contributed by atoms with Gasteiger partial charge in [0.25, 0.3) is 0 Å². The molecule has 5 heteroatoms. The third-order valence-corrected chi connectivity index (χ3v) is 3.01. The van der Waals surface area contributed by atoms with Crippen LogP contribution in [-0.4, -0.2) is 26.3 Å². The largest absolute Gasteiger partial charge is 0.383 e. The normalized spacial score (nSPS) is 10.7. The molecule has 96 valence electrons. The van der Waals surface area contributed by atoms with Crippen LogP contribution in [0.2, 0.25) is 0 Å². The molecule has 0 aliphatic carbocycles. The Hall–Kier alpha value is -2.43. The summed E-state index contributed by atoms with van der Waals surface area (Å²) in [7, 11) is 0. The van der Waals surface area contributed by atoms with Gasteiger partial charge >= 0.3 is 0 Å². The van der Waals surface area contributed by atoms with E-state index in [1.807, 2.05) is 30.7 Å². The molecule has 1 aromatic carbocycles. The molecule has 0 saturated heterocycles. The van der Waals surface area contributed by atoms with Crippen LogP contribution in [0.3, 0.4) is 0 Å². The second-order valence-corrected chi connectivity index (χ2v) is 4.36. The van der Waals surface area contributed by atoms with Crippen LogP contribution >= 0.6 is 0 Å². The van der Waals surface area contributed by atoms with Crippen molar-refractivity contribution in [2.24, 2.45) is 0 Å². The lowest BCUT2D eigenvalue weighted by molar-refractivity contribution is 0.661. The molecular formula is C14H15N5. The van der Waals surface area contributed by atoms with Crippen molar-refractivity contribution < 1.29 is 0 Å². The lowest BCUT2D eigenvalue weighted by atomic mass is 10.2. The van der Waals surface area contributed by atoms with Gasteiger partial charge in [-0.2, -0.15) is 10.2 Å². The first-order valence-electron chi connectivity index (χ1n) is 6.33. The first-order valence-corrected chi connectivity index (χ1v) is 6.33. The van der Waals surface area contributed by atoms with Gasteiger partial charge in [-0.1, -0.05) is 18.2 Å². The second-order valence-electron chi connectivity index (χ2n) is 4.36. The quantitative estimate of drug-likeness (QED) is 0.709. The average Bonchev–Trinajstić information content (AvgIpc) is 2.97. The Morgan fingerprint density at radius 2 is 2.16 bits per heavy atom. The molecule has 0 bridgehead atoms. The minimum atomic E-state index is 0.897. The van der Waals surface area contributed by atoms with E-state index in [-0.39, 0.29) is 0 Å². The predicted molar refractivity (Wildman–Crippen MR) is 74.9 cm³/mol. The number of benzene rings is 1. The highest BCUT2D eigenvalue weighted by Gasteiger charge is 2.01. The van der Waals surface area contributed by atoms with E-state index in [0.717, 1.165) is 36.1 Å². The maximum atomic E-state index is 4.11. The number of hydrogen-bond donors (Lipinski definition) is 1. The Morgan fingerprint density at radius 1 is 1.21 bits per heavy atom. The fourth-order valence-electron chi connectivity index (χ4n) is 2.05. The second kappa shape index (κ2) is 5.48. The van der Waals surface area contributed by atoms with Crippen molar-refractivity contribution in [1.29, 1.82) is 0 Å². The molecule has 0 atom stereocenters. The van der Waals surface area contributed by atoms with Crippen LogP contribution in [0.25, 0.3) is 10.9 Å². The SMILES string of the molecule is c1ccc2c(NCCCn3ccnc3)cnnc2c1. The van der Waals surface area contributed by atoms with E-state index >= 15 is 0 Å². The van der Waals surface area contributed by atoms with Crippen LogP contribution in [0.5, 0.6) is 0 Å². The highest BCUT2D eigenvalue weighted by molar-refractivity contribution is 5.90. The topological polar surface area (TPSA) is 55.6 Å². The molecule has 0 aliphatic heterocycles. The van der Waals surface area contributed by atoms with Crippen LogP contribution < -0.4 is 5.32 Å². The molecule has 0 spiro atoms. The van der Waals surface area contributed by atoms with Crippen LogP contribution in [0.1, 0.15) is 6.42 Å². The molecule has 0 radical (unpaired) electrons. The maximum Gasteiger partial charge on any atom is 0.0950 e. The van der Waals surface area contributed by atoms with Crippen molar-refractivity contribution in [3.8, 4) is 0 Å². The van der Waals surface area contributed by atoms with Gasteiger partial charge in [0.2, 0.25) is 0 Å². The minimum Gasteiger partial charge on any atom is -0.383 e. The summed E-state index contributed by atoms with van der Waals surface area (Å²) in [6, 6.07) is 8.02. The summed E-state index contributed by atoms with van der Waals surface area (Å²) in [5, 5.41) is 12.6. The van der Waals surface area contributed by atoms with E-state index in [1.165, 1.54) is 0 Å². The van der Waals surface area contributed by atoms with E-state index in [2.05, 4.69) is 31.1 Å². The number of aromatic nitrogens is 4. The predicted octanol–water partition coefficient (Wildman–Crippen LogP) is 2.33. The van der Waals surface area contributed by atoms with E-state index in [4.69, 9.17) is 0 Å². The third kappa shape index (κ3) is 2.70. The van der Waals surface area contributed by atoms with E-state index in [1.54, 1.807) is 12.4 Å². The number of hydrogen-bond acceptors (Lipinski definition) is 4. The molecule has 3 aromatic rings. The van der Waals surface area contributed by atoms with Gasteiger partial charge in [-0.05, 0) is 12.5 Å². The summed E-state index contributed by atoms with van der Waals surface area (Å²) in [4.78, 5) is 4.02. The van der Waals surface area contributed by atoms with Crippen LogP contribution in [0.15, 0.2) is 49.2 Å². The van der Waals surface area contributed by atoms with Crippen molar-refractivity contribution >= 4 is 16.6 Å². The molecule has 0 unspecified atom stereocenters. The van der Waals surface area contributed by atoms with Crippen molar-refractivity contribution in [3.05, 3.63) is 49.2 Å². The Morgan fingerprint density at radius 3 is 3.05 bits per heavy atom. The smallest absolute Gasteiger partial charge is 0.0950 e. The van der Waals surface area contributed by atoms with Gasteiger partial charge in [0.05, 0.1) is 23.7 Å². The number of aryl methyl sites for hydroxylation is 1. The standard InChI is InChI=1S/C14H15N5/c1-2-5-13-12(4-1)14(10-17-18-13)16-6-3-8-19-9-7-15-11-19/h1-2,4-5,7,9-11H,3,6,8H2,(H,16,18). The lowest BCUT2D eigenvalue weighted by Gasteiger charge is -2.08. The number of nitrogens with one attached hydrogen (secondary N) is 1. The minimum absolute atomic E-state index is 0.897. The van der Waals surface area contributed by atoms with Gasteiger partial charge in [0.15, 0.2) is 0 Å². The van der Waals surface area contributed by atoms with E-state index in [9.17, 15) is 0 Å². The molecule has 0 amide bonds. The van der Waals surface area contributed by atoms with Crippen LogP contribution in [0.4, 0.5) is 5.69 Å². The zero-order valence-electron chi connectivity index (χ0n) is 10.5. The summed E-state index contributed by atoms with van der Waals surface area (Å²) in [6.07, 6.45) is 8.42. The van der Waals surface area contributed by atoms with Crippen molar-refractivity contribution in [3.63, 3.8) is 0 Å². The number of anilines is 1. The summed E-state index contributed by atoms with van der Waals surface area (Å²) in [5.41, 5.74) is 1.96. The van der Waals surface area contributed by atoms with Gasteiger partial charge in [-0.3, -0.25) is 0 Å². The molecule has 0 aliphatic rings. The van der Waals surface area contributed by atoms with E-state index in [0.29, 0.717) is 0 Å². The first-order chi connectivity index (χ1) is 9.43. The van der Waals surface area contributed by atoms with Crippen molar-refractivity contribution in [2.45, 2.75) is 13.0 Å². The van der Waals surface area contributed by atoms with E-state index < -0.39 is 0 Å². The monoisotopic (exact) mass is 253 g/mol. The molecule has 0 fully saturated rings. The third-order valence-electron chi connectivity index (χ3n) is 3.01. The fraction of sp³-hybridized carbons (Fsp3) is 0.214. The maximum absolute atomic E-state index is 4.11. The number of imidazole rings is 1. The fourth-order valence-corrected chi connectivity index (χ4v) is 2.05. The molecule has 3 rings (SSSR count). The molecule has 0 saturated carbocycles. The zero-order valence-corrected chi connectivity index (χ0v) is 10.5. The molecule has 5 nitrogen and oxygen atoms in total. The Balaban J connectivity index is 1.62. The highest BCUT2D eigenvalue weighted by atomic mass is 15.1. The summed E-state index contributed by atoms with van der Waals surface area (Å²) < 4.78 is 2.07. The van der Waals surface area contributed by atoms with Gasteiger partial charge in [0, 0.05) is 30.9 Å². The summed E-state index contributed by atoms with van der Waals surface area (Å²) in [5.74, 6) is 0. The average molecular weight is 253 g/mol. The highest BCUT2D eigenvalue weighted by Crippen LogP contribution is 2.19. The Labute approximate surface area is 111 Å². The van der Waals surface area contributed by atoms with Crippen molar-refractivity contribution in [1.82, 2.24) is 19.7 Å². The zero-order chi connectivity index (χ0) is 12.9. The number of fused-ring (bicyclic) bond motifs is 1. The van der Waals surface area contributed by atoms with Crippen molar-refractivity contribution in [2.75, 3.05) is 11.9 Å². The first kappa shape index (κ1) is 11.6. The van der Waals surface area contributed by atoms with Crippen LogP contribution in [0, 0.1) is 0 Å². The molecule has 1 N–H and O–H groups in total. The summed E-state index contributed by atoms with van der Waals surface area (Å²) >= 11 is 0. The molecular weight excluding hydrogens is 238 g/mol. The Bertz CT molecular complexity index is 643. The van der Waals surface area contributed by atoms with Gasteiger partial charge < -0.3 is 9.88 Å². The summed E-state index contributed by atoms with van der Waals surface area (Å²) in [6.45, 7) is 1.86. The molecule has 19 heavy (non-hydrogen) atoms. The van der Waals surface area contributed by atoms with Gasteiger partial charge in [0.1, 0.15) is 0 Å². The molecule has 2 aromatic heterocycles. The number of nitrogens with zero attached hydrogens (tertiary/aromatic N) is 4. The Kier molecular flexibility index (Phi) is 3.36. The molecule has 2 heterocycles. The van der Waals surface area contributed by atoms with Crippen LogP contribution in [-0.2, 0) is 6.54 Å². The van der Waals surface area contributed by atoms with Gasteiger partial charge in [-0.15, -0.1) is 0 Å².